The van der Waals surface area contributed by atoms with E-state index in [1.807, 2.05) is 39.8 Å². The molecule has 122 valence electrons. The molecule has 1 aromatic carbocycles. The van der Waals surface area contributed by atoms with Crippen molar-refractivity contribution in [1.29, 1.82) is 0 Å². The second kappa shape index (κ2) is 6.65. The van der Waals surface area contributed by atoms with E-state index in [4.69, 9.17) is 0 Å². The van der Waals surface area contributed by atoms with Crippen LogP contribution in [0.5, 0.6) is 0 Å². The number of hydrogen-bond acceptors (Lipinski definition) is 2. The van der Waals surface area contributed by atoms with E-state index in [-0.39, 0.29) is 23.3 Å². The molecular formula is C17H27FN3O+. The van der Waals surface area contributed by atoms with Gasteiger partial charge in [-0.2, -0.15) is 0 Å². The number of amides is 1. The van der Waals surface area contributed by atoms with E-state index < -0.39 is 0 Å². The SMILES string of the molecule is C[C@@H](C(=O)NC(C)(C)C)[NH+]1CCN(c2ccc(F)cc2)CC1. The lowest BCUT2D eigenvalue weighted by Crippen LogP contribution is -3.19. The first-order valence-electron chi connectivity index (χ1n) is 7.93. The number of rotatable bonds is 3. The molecule has 1 atom stereocenters. The molecule has 22 heavy (non-hydrogen) atoms. The number of hydrogen-bond donors (Lipinski definition) is 2. The molecule has 5 heteroatoms. The van der Waals surface area contributed by atoms with Gasteiger partial charge in [-0.25, -0.2) is 4.39 Å². The van der Waals surface area contributed by atoms with Crippen LogP contribution in [0.2, 0.25) is 0 Å². The molecule has 1 aliphatic rings. The highest BCUT2D eigenvalue weighted by atomic mass is 19.1. The molecule has 1 aliphatic heterocycles. The smallest absolute Gasteiger partial charge is 0.278 e. The summed E-state index contributed by atoms with van der Waals surface area (Å²) in [4.78, 5) is 15.8. The van der Waals surface area contributed by atoms with Gasteiger partial charge < -0.3 is 15.1 Å². The maximum Gasteiger partial charge on any atom is 0.278 e. The minimum absolute atomic E-state index is 0.0467. The van der Waals surface area contributed by atoms with E-state index in [2.05, 4.69) is 10.2 Å². The van der Waals surface area contributed by atoms with Gasteiger partial charge in [0.25, 0.3) is 5.91 Å². The average molecular weight is 308 g/mol. The second-order valence-corrected chi connectivity index (χ2v) is 7.08. The van der Waals surface area contributed by atoms with Gasteiger partial charge in [-0.15, -0.1) is 0 Å². The third-order valence-corrected chi connectivity index (χ3v) is 4.10. The van der Waals surface area contributed by atoms with Crippen LogP contribution in [0, 0.1) is 5.82 Å². The summed E-state index contributed by atoms with van der Waals surface area (Å²) in [5.74, 6) is -0.0989. The van der Waals surface area contributed by atoms with Crippen LogP contribution in [0.4, 0.5) is 10.1 Å². The zero-order valence-electron chi connectivity index (χ0n) is 13.9. The minimum Gasteiger partial charge on any atom is -0.360 e. The van der Waals surface area contributed by atoms with Gasteiger partial charge in [0, 0.05) is 11.2 Å². The van der Waals surface area contributed by atoms with Gasteiger partial charge in [-0.1, -0.05) is 0 Å². The molecule has 2 N–H and O–H groups in total. The Hall–Kier alpha value is -1.62. The quantitative estimate of drug-likeness (QED) is 0.868. The average Bonchev–Trinajstić information content (AvgIpc) is 2.46. The van der Waals surface area contributed by atoms with Crippen molar-refractivity contribution >= 4 is 11.6 Å². The van der Waals surface area contributed by atoms with Gasteiger partial charge in [0.15, 0.2) is 6.04 Å². The Balaban J connectivity index is 1.88. The predicted octanol–water partition coefficient (Wildman–Crippen LogP) is 0.834. The van der Waals surface area contributed by atoms with Gasteiger partial charge in [0.1, 0.15) is 5.82 Å². The summed E-state index contributed by atoms with van der Waals surface area (Å²) >= 11 is 0. The first-order valence-corrected chi connectivity index (χ1v) is 7.93. The normalized spacial score (nSPS) is 18.1. The van der Waals surface area contributed by atoms with Crippen LogP contribution in [0.1, 0.15) is 27.7 Å². The van der Waals surface area contributed by atoms with Gasteiger partial charge >= 0.3 is 0 Å². The zero-order chi connectivity index (χ0) is 16.3. The standard InChI is InChI=1S/C17H26FN3O/c1-13(16(22)19-17(2,3)4)20-9-11-21(12-10-20)15-7-5-14(18)6-8-15/h5-8,13H,9-12H2,1-4H3,(H,19,22)/p+1/t13-/m0/s1. The number of quaternary nitrogens is 1. The molecule has 1 fully saturated rings. The summed E-state index contributed by atoms with van der Waals surface area (Å²) in [5, 5.41) is 3.05. The van der Waals surface area contributed by atoms with Gasteiger partial charge in [0.2, 0.25) is 0 Å². The maximum absolute atomic E-state index is 13.0. The number of nitrogens with one attached hydrogen (secondary N) is 2. The topological polar surface area (TPSA) is 36.8 Å². The van der Waals surface area contributed by atoms with Crippen molar-refractivity contribution in [2.75, 3.05) is 31.1 Å². The molecule has 0 unspecified atom stereocenters. The molecule has 1 saturated heterocycles. The molecule has 0 spiro atoms. The molecule has 1 amide bonds. The van der Waals surface area contributed by atoms with Crippen LogP contribution in [0.15, 0.2) is 24.3 Å². The van der Waals surface area contributed by atoms with E-state index in [0.29, 0.717) is 0 Å². The summed E-state index contributed by atoms with van der Waals surface area (Å²) in [6.07, 6.45) is 0. The third kappa shape index (κ3) is 4.44. The predicted molar refractivity (Wildman–Crippen MR) is 86.7 cm³/mol. The van der Waals surface area contributed by atoms with Crippen molar-refractivity contribution < 1.29 is 14.1 Å². The summed E-state index contributed by atoms with van der Waals surface area (Å²) in [6, 6.07) is 6.57. The Morgan fingerprint density at radius 2 is 1.77 bits per heavy atom. The van der Waals surface area contributed by atoms with E-state index in [9.17, 15) is 9.18 Å². The molecule has 0 saturated carbocycles. The Morgan fingerprint density at radius 3 is 2.27 bits per heavy atom. The first kappa shape index (κ1) is 16.7. The molecular weight excluding hydrogens is 281 g/mol. The number of anilines is 1. The largest absolute Gasteiger partial charge is 0.360 e. The van der Waals surface area contributed by atoms with Crippen molar-refractivity contribution in [3.8, 4) is 0 Å². The molecule has 4 nitrogen and oxygen atoms in total. The van der Waals surface area contributed by atoms with Gasteiger partial charge in [0.05, 0.1) is 26.2 Å². The van der Waals surface area contributed by atoms with E-state index in [1.165, 1.54) is 17.0 Å². The molecule has 2 rings (SSSR count). The van der Waals surface area contributed by atoms with Crippen molar-refractivity contribution in [3.63, 3.8) is 0 Å². The summed E-state index contributed by atoms with van der Waals surface area (Å²) in [6.45, 7) is 11.6. The van der Waals surface area contributed by atoms with E-state index in [1.54, 1.807) is 0 Å². The fraction of sp³-hybridized carbons (Fsp3) is 0.588. The Morgan fingerprint density at radius 1 is 1.23 bits per heavy atom. The van der Waals surface area contributed by atoms with Gasteiger partial charge in [-0.05, 0) is 52.0 Å². The summed E-state index contributed by atoms with van der Waals surface area (Å²) < 4.78 is 13.0. The second-order valence-electron chi connectivity index (χ2n) is 7.08. The highest BCUT2D eigenvalue weighted by Crippen LogP contribution is 2.14. The summed E-state index contributed by atoms with van der Waals surface area (Å²) in [5.41, 5.74) is 0.855. The number of carbonyl (C=O) groups excluding carboxylic acids is 1. The number of carbonyl (C=O) groups is 1. The minimum atomic E-state index is -0.208. The monoisotopic (exact) mass is 308 g/mol. The third-order valence-electron chi connectivity index (χ3n) is 4.10. The van der Waals surface area contributed by atoms with Crippen molar-refractivity contribution in [3.05, 3.63) is 30.1 Å². The number of halogens is 1. The molecule has 1 aromatic rings. The van der Waals surface area contributed by atoms with Crippen LogP contribution in [0.25, 0.3) is 0 Å². The van der Waals surface area contributed by atoms with Gasteiger partial charge in [-0.3, -0.25) is 4.79 Å². The van der Waals surface area contributed by atoms with Crippen molar-refractivity contribution in [2.45, 2.75) is 39.3 Å². The molecule has 0 radical (unpaired) electrons. The highest BCUT2D eigenvalue weighted by molar-refractivity contribution is 5.80. The van der Waals surface area contributed by atoms with E-state index in [0.717, 1.165) is 31.9 Å². The Labute approximate surface area is 132 Å². The van der Waals surface area contributed by atoms with Crippen LogP contribution < -0.4 is 15.1 Å². The van der Waals surface area contributed by atoms with Crippen LogP contribution >= 0.6 is 0 Å². The molecule has 1 heterocycles. The highest BCUT2D eigenvalue weighted by Gasteiger charge is 2.30. The lowest BCUT2D eigenvalue weighted by atomic mass is 10.1. The number of piperazine rings is 1. The summed E-state index contributed by atoms with van der Waals surface area (Å²) in [7, 11) is 0. The fourth-order valence-corrected chi connectivity index (χ4v) is 2.80. The Kier molecular flexibility index (Phi) is 5.06. The fourth-order valence-electron chi connectivity index (χ4n) is 2.80. The maximum atomic E-state index is 13.0. The van der Waals surface area contributed by atoms with E-state index >= 15 is 0 Å². The van der Waals surface area contributed by atoms with Crippen molar-refractivity contribution in [1.82, 2.24) is 5.32 Å². The number of benzene rings is 1. The first-order chi connectivity index (χ1) is 10.3. The Bertz CT molecular complexity index is 502. The lowest BCUT2D eigenvalue weighted by Gasteiger charge is -2.36. The lowest BCUT2D eigenvalue weighted by molar-refractivity contribution is -0.914. The van der Waals surface area contributed by atoms with Crippen molar-refractivity contribution in [2.24, 2.45) is 0 Å². The molecule has 0 aliphatic carbocycles. The van der Waals surface area contributed by atoms with Crippen LogP contribution in [-0.2, 0) is 4.79 Å². The number of nitrogens with zero attached hydrogens (tertiary/aromatic N) is 1. The van der Waals surface area contributed by atoms with Crippen LogP contribution in [0.3, 0.4) is 0 Å². The molecule has 0 aromatic heterocycles. The zero-order valence-corrected chi connectivity index (χ0v) is 13.9. The molecule has 0 bridgehead atoms. The van der Waals surface area contributed by atoms with Crippen LogP contribution in [-0.4, -0.2) is 43.7 Å².